The minimum atomic E-state index is -0.303. The highest BCUT2D eigenvalue weighted by Gasteiger charge is 2.61. The molecule has 140 valence electrons. The molecule has 0 aromatic carbocycles. The minimum Gasteiger partial charge on any atom is -0.411 e. The van der Waals surface area contributed by atoms with E-state index >= 15 is 0 Å². The van der Waals surface area contributed by atoms with Crippen LogP contribution in [0, 0.1) is 34.5 Å². The number of allylic oxidation sites excluding steroid dienone is 1. The zero-order valence-electron chi connectivity index (χ0n) is 15.8. The Labute approximate surface area is 151 Å². The number of hydrogen-bond acceptors (Lipinski definition) is 4. The predicted octanol–water partition coefficient (Wildman–Crippen LogP) is 3.75. The summed E-state index contributed by atoms with van der Waals surface area (Å²) in [6.45, 7) is 6.58. The van der Waals surface area contributed by atoms with E-state index in [2.05, 4.69) is 25.1 Å². The Bertz CT molecular complexity index is 614. The summed E-state index contributed by atoms with van der Waals surface area (Å²) in [6, 6.07) is 0. The van der Waals surface area contributed by atoms with Gasteiger partial charge in [-0.1, -0.05) is 30.7 Å². The van der Waals surface area contributed by atoms with Gasteiger partial charge in [0.15, 0.2) is 0 Å². The van der Waals surface area contributed by atoms with E-state index in [0.29, 0.717) is 17.8 Å². The molecule has 4 aliphatic rings. The molecule has 0 aromatic heterocycles. The van der Waals surface area contributed by atoms with Crippen molar-refractivity contribution in [2.45, 2.75) is 77.9 Å². The highest BCUT2D eigenvalue weighted by molar-refractivity contribution is 5.85. The van der Waals surface area contributed by atoms with E-state index in [0.717, 1.165) is 44.2 Å². The molecule has 0 heterocycles. The fourth-order valence-electron chi connectivity index (χ4n) is 7.53. The Morgan fingerprint density at radius 2 is 1.96 bits per heavy atom. The molecule has 4 heteroatoms. The summed E-state index contributed by atoms with van der Waals surface area (Å²) in [7, 11) is 0. The topological polar surface area (TPSA) is 73.1 Å². The van der Waals surface area contributed by atoms with Crippen molar-refractivity contribution in [3.05, 3.63) is 11.6 Å². The highest BCUT2D eigenvalue weighted by atomic mass is 16.4. The SMILES string of the molecule is C/C(=N\O)C1CCC2C3CC=C4C[C@@H](O)CC[C@]4(C)C3C(O)CC12C. The van der Waals surface area contributed by atoms with Gasteiger partial charge in [0.1, 0.15) is 0 Å². The summed E-state index contributed by atoms with van der Waals surface area (Å²) in [5, 5.41) is 34.2. The maximum Gasteiger partial charge on any atom is 0.0585 e. The van der Waals surface area contributed by atoms with Crippen LogP contribution in [0.2, 0.25) is 0 Å². The lowest BCUT2D eigenvalue weighted by atomic mass is 9.46. The van der Waals surface area contributed by atoms with Crippen LogP contribution in [0.1, 0.15) is 65.7 Å². The van der Waals surface area contributed by atoms with Gasteiger partial charge in [0.05, 0.1) is 17.9 Å². The van der Waals surface area contributed by atoms with Gasteiger partial charge in [-0.15, -0.1) is 0 Å². The minimum absolute atomic E-state index is 0.0345. The van der Waals surface area contributed by atoms with Crippen LogP contribution in [0.3, 0.4) is 0 Å². The Balaban J connectivity index is 1.71. The average molecular weight is 347 g/mol. The average Bonchev–Trinajstić information content (AvgIpc) is 2.91. The normalized spacial score (nSPS) is 52.8. The van der Waals surface area contributed by atoms with Crippen LogP contribution in [0.25, 0.3) is 0 Å². The molecule has 0 spiro atoms. The lowest BCUT2D eigenvalue weighted by Gasteiger charge is -2.59. The smallest absolute Gasteiger partial charge is 0.0585 e. The van der Waals surface area contributed by atoms with Crippen LogP contribution >= 0.6 is 0 Å². The maximum atomic E-state index is 11.3. The summed E-state index contributed by atoms with van der Waals surface area (Å²) in [5.74, 6) is 1.69. The van der Waals surface area contributed by atoms with Crippen LogP contribution < -0.4 is 0 Å². The molecule has 3 N–H and O–H groups in total. The van der Waals surface area contributed by atoms with Gasteiger partial charge in [0.2, 0.25) is 0 Å². The van der Waals surface area contributed by atoms with Gasteiger partial charge in [-0.25, -0.2) is 0 Å². The Morgan fingerprint density at radius 3 is 2.68 bits per heavy atom. The quantitative estimate of drug-likeness (QED) is 0.293. The van der Waals surface area contributed by atoms with Crippen LogP contribution in [0.4, 0.5) is 0 Å². The number of hydrogen-bond donors (Lipinski definition) is 3. The first kappa shape index (κ1) is 17.5. The zero-order valence-corrected chi connectivity index (χ0v) is 15.8. The van der Waals surface area contributed by atoms with E-state index in [-0.39, 0.29) is 29.0 Å². The molecule has 0 amide bonds. The fraction of sp³-hybridized carbons (Fsp3) is 0.857. The van der Waals surface area contributed by atoms with E-state index in [9.17, 15) is 15.4 Å². The van der Waals surface area contributed by atoms with Crippen LogP contribution in [-0.4, -0.2) is 33.3 Å². The van der Waals surface area contributed by atoms with Gasteiger partial charge in [0.25, 0.3) is 0 Å². The monoisotopic (exact) mass is 347 g/mol. The third-order valence-electron chi connectivity index (χ3n) is 8.67. The van der Waals surface area contributed by atoms with Crippen molar-refractivity contribution in [1.29, 1.82) is 0 Å². The van der Waals surface area contributed by atoms with E-state index < -0.39 is 0 Å². The van der Waals surface area contributed by atoms with Crippen molar-refractivity contribution < 1.29 is 15.4 Å². The second-order valence-corrected chi connectivity index (χ2v) is 9.72. The molecule has 25 heavy (non-hydrogen) atoms. The molecular formula is C21H33NO3. The van der Waals surface area contributed by atoms with Crippen molar-refractivity contribution in [3.63, 3.8) is 0 Å². The van der Waals surface area contributed by atoms with Gasteiger partial charge in [-0.3, -0.25) is 0 Å². The summed E-state index contributed by atoms with van der Waals surface area (Å²) in [6.07, 6.45) is 8.58. The summed E-state index contributed by atoms with van der Waals surface area (Å²) >= 11 is 0. The molecule has 3 saturated carbocycles. The molecule has 0 bridgehead atoms. The van der Waals surface area contributed by atoms with Crippen molar-refractivity contribution >= 4 is 5.71 Å². The van der Waals surface area contributed by atoms with Crippen molar-refractivity contribution in [3.8, 4) is 0 Å². The lowest BCUT2D eigenvalue weighted by molar-refractivity contribution is -0.120. The van der Waals surface area contributed by atoms with Gasteiger partial charge in [-0.2, -0.15) is 0 Å². The maximum absolute atomic E-state index is 11.3. The van der Waals surface area contributed by atoms with E-state index in [1.54, 1.807) is 0 Å². The molecule has 3 fully saturated rings. The third kappa shape index (κ3) is 2.36. The third-order valence-corrected chi connectivity index (χ3v) is 8.67. The number of nitrogens with zero attached hydrogens (tertiary/aromatic N) is 1. The number of aliphatic hydroxyl groups is 2. The summed E-state index contributed by atoms with van der Waals surface area (Å²) in [5.41, 5.74) is 2.29. The highest BCUT2D eigenvalue weighted by Crippen LogP contribution is 2.66. The first-order chi connectivity index (χ1) is 11.8. The standard InChI is InChI=1S/C21H33NO3/c1-12(22-25)16-6-7-17-15-5-4-13-10-14(23)8-9-20(13,2)19(15)18(24)11-21(16,17)3/h4,14-19,23-25H,5-11H2,1-3H3/b22-12+/t14-,15?,16?,17?,18?,19?,20-,21?/m0/s1. The first-order valence-electron chi connectivity index (χ1n) is 10.1. The van der Waals surface area contributed by atoms with Crippen molar-refractivity contribution in [2.24, 2.45) is 39.7 Å². The molecule has 4 rings (SSSR count). The van der Waals surface area contributed by atoms with Crippen LogP contribution in [-0.2, 0) is 0 Å². The molecule has 4 aliphatic carbocycles. The van der Waals surface area contributed by atoms with Gasteiger partial charge in [0, 0.05) is 5.92 Å². The van der Waals surface area contributed by atoms with Crippen molar-refractivity contribution in [2.75, 3.05) is 0 Å². The van der Waals surface area contributed by atoms with Crippen LogP contribution in [0.5, 0.6) is 0 Å². The van der Waals surface area contributed by atoms with Crippen molar-refractivity contribution in [1.82, 2.24) is 0 Å². The first-order valence-corrected chi connectivity index (χ1v) is 10.1. The zero-order chi connectivity index (χ0) is 18.0. The van der Waals surface area contributed by atoms with E-state index in [1.165, 1.54) is 12.0 Å². The molecule has 0 radical (unpaired) electrons. The number of rotatable bonds is 1. The molecule has 0 aromatic rings. The summed E-state index contributed by atoms with van der Waals surface area (Å²) < 4.78 is 0. The molecule has 6 unspecified atom stereocenters. The number of oxime groups is 1. The molecular weight excluding hydrogens is 314 g/mol. The Hall–Kier alpha value is -0.870. The van der Waals surface area contributed by atoms with Crippen LogP contribution in [0.15, 0.2) is 16.8 Å². The number of fused-ring (bicyclic) bond motifs is 5. The summed E-state index contributed by atoms with van der Waals surface area (Å²) in [4.78, 5) is 0. The van der Waals surface area contributed by atoms with E-state index in [1.807, 2.05) is 6.92 Å². The van der Waals surface area contributed by atoms with Gasteiger partial charge in [-0.05, 0) is 80.5 Å². The fourth-order valence-corrected chi connectivity index (χ4v) is 7.53. The molecule has 8 atom stereocenters. The second-order valence-electron chi connectivity index (χ2n) is 9.72. The predicted molar refractivity (Wildman–Crippen MR) is 97.5 cm³/mol. The Morgan fingerprint density at radius 1 is 1.20 bits per heavy atom. The molecule has 4 nitrogen and oxygen atoms in total. The van der Waals surface area contributed by atoms with E-state index in [4.69, 9.17) is 0 Å². The largest absolute Gasteiger partial charge is 0.411 e. The second kappa shape index (κ2) is 5.82. The van der Waals surface area contributed by atoms with Gasteiger partial charge < -0.3 is 15.4 Å². The Kier molecular flexibility index (Phi) is 4.08. The number of aliphatic hydroxyl groups excluding tert-OH is 2. The lowest BCUT2D eigenvalue weighted by Crippen LogP contribution is -2.56. The molecule has 0 aliphatic heterocycles. The van der Waals surface area contributed by atoms with Gasteiger partial charge >= 0.3 is 0 Å². The molecule has 0 saturated heterocycles.